The van der Waals surface area contributed by atoms with E-state index in [-0.39, 0.29) is 7.47 Å². The van der Waals surface area contributed by atoms with Crippen LogP contribution in [0.4, 0.5) is 0 Å². The Labute approximate surface area is 118 Å². The Hall–Kier alpha value is 0.880. The van der Waals surface area contributed by atoms with Crippen LogP contribution in [-0.2, 0) is 0 Å². The lowest BCUT2D eigenvalue weighted by Gasteiger charge is -2.09. The molecule has 0 N–H and O–H groups in total. The van der Waals surface area contributed by atoms with Gasteiger partial charge in [0.15, 0.2) is 0 Å². The van der Waals surface area contributed by atoms with Crippen molar-refractivity contribution in [3.63, 3.8) is 0 Å². The highest BCUT2D eigenvalue weighted by Crippen LogP contribution is 2.35. The molecule has 0 aliphatic heterocycles. The molecule has 0 aliphatic carbocycles. The van der Waals surface area contributed by atoms with Gasteiger partial charge in [0.05, 0.1) is 7.47 Å². The molecule has 0 fully saturated rings. The highest BCUT2D eigenvalue weighted by Gasteiger charge is 2.08. The van der Waals surface area contributed by atoms with Crippen molar-refractivity contribution in [2.24, 2.45) is 0 Å². The second-order valence-electron chi connectivity index (χ2n) is 2.74. The molecule has 0 saturated heterocycles. The van der Waals surface area contributed by atoms with Gasteiger partial charge in [0.2, 0.25) is 0 Å². The lowest BCUT2D eigenvalue weighted by Crippen LogP contribution is -1.88. The van der Waals surface area contributed by atoms with E-state index in [1.54, 1.807) is 0 Å². The van der Waals surface area contributed by atoms with Gasteiger partial charge >= 0.3 is 0 Å². The van der Waals surface area contributed by atoms with E-state index in [2.05, 4.69) is 88.5 Å². The summed E-state index contributed by atoms with van der Waals surface area (Å²) >= 11 is 13.9. The number of hydrogen-bond acceptors (Lipinski definition) is 0. The maximum Gasteiger partial charge on any atom is 0.0946 e. The van der Waals surface area contributed by atoms with Crippen molar-refractivity contribution in [1.29, 1.82) is 0 Å². The molecule has 0 amide bonds. The number of alkyl halides is 4. The fourth-order valence-electron chi connectivity index (χ4n) is 1.07. The normalized spacial score (nSPS) is 11.0. The van der Waals surface area contributed by atoms with Crippen molar-refractivity contribution < 1.29 is 0 Å². The van der Waals surface area contributed by atoms with Crippen LogP contribution in [0, 0.1) is 0 Å². The van der Waals surface area contributed by atoms with Gasteiger partial charge in [0, 0.05) is 0 Å². The average molecular weight is 448 g/mol. The van der Waals surface area contributed by atoms with Gasteiger partial charge in [-0.05, 0) is 28.8 Å². The third-order valence-corrected chi connectivity index (χ3v) is 3.85. The minimum atomic E-state index is 0.174. The summed E-state index contributed by atoms with van der Waals surface area (Å²) in [5, 5.41) is 0. The second-order valence-corrected chi connectivity index (χ2v) is 8.86. The van der Waals surface area contributed by atoms with Crippen LogP contribution < -0.4 is 0 Å². The summed E-state index contributed by atoms with van der Waals surface area (Å²) in [6.45, 7) is 3.77. The van der Waals surface area contributed by atoms with Gasteiger partial charge in [-0.2, -0.15) is 0 Å². The number of benzene rings is 1. The molecular formula is C10H8Br4. The van der Waals surface area contributed by atoms with Crippen LogP contribution in [0.25, 0.3) is 6.08 Å². The first kappa shape index (κ1) is 12.9. The van der Waals surface area contributed by atoms with Crippen molar-refractivity contribution >= 4 is 69.8 Å². The molecule has 0 saturated carbocycles. The van der Waals surface area contributed by atoms with E-state index in [1.807, 2.05) is 6.08 Å². The average Bonchev–Trinajstić information content (AvgIpc) is 2.16. The summed E-state index contributed by atoms with van der Waals surface area (Å²) < 4.78 is 0.347. The van der Waals surface area contributed by atoms with E-state index in [0.29, 0.717) is 0 Å². The van der Waals surface area contributed by atoms with Gasteiger partial charge in [-0.25, -0.2) is 0 Å². The molecule has 0 spiro atoms. The Morgan fingerprint density at radius 2 is 1.36 bits per heavy atom. The van der Waals surface area contributed by atoms with Gasteiger partial charge in [0.1, 0.15) is 0 Å². The summed E-state index contributed by atoms with van der Waals surface area (Å²) in [4.78, 5) is 0. The van der Waals surface area contributed by atoms with E-state index in [1.165, 1.54) is 11.1 Å². The molecule has 4 heteroatoms. The summed E-state index contributed by atoms with van der Waals surface area (Å²) in [6, 6.07) is 6.30. The largest absolute Gasteiger partial charge is 0.0985 e. The summed E-state index contributed by atoms with van der Waals surface area (Å²) in [7, 11) is 0. The molecule has 0 unspecified atom stereocenters. The topological polar surface area (TPSA) is 0 Å². The van der Waals surface area contributed by atoms with Crippen molar-refractivity contribution in [2.45, 2.75) is 7.47 Å². The van der Waals surface area contributed by atoms with Crippen LogP contribution in [0.3, 0.4) is 0 Å². The molecule has 0 aliphatic rings. The Balaban J connectivity index is 3.20. The highest BCUT2D eigenvalue weighted by molar-refractivity contribution is 9.24. The van der Waals surface area contributed by atoms with E-state index < -0.39 is 0 Å². The molecule has 1 rings (SSSR count). The smallest absolute Gasteiger partial charge is 0.0946 e. The van der Waals surface area contributed by atoms with Crippen molar-refractivity contribution in [3.8, 4) is 0 Å². The standard InChI is InChI=1S/C10H8Br4/c1-2-6-3-7(9(11)12)5-8(4-6)10(13)14/h2-5,9-10H,1H2. The zero-order valence-electron chi connectivity index (χ0n) is 7.18. The summed E-state index contributed by atoms with van der Waals surface area (Å²) in [5.41, 5.74) is 3.48. The molecule has 0 bridgehead atoms. The zero-order valence-corrected chi connectivity index (χ0v) is 13.5. The number of hydrogen-bond donors (Lipinski definition) is 0. The van der Waals surface area contributed by atoms with E-state index >= 15 is 0 Å². The van der Waals surface area contributed by atoms with Crippen molar-refractivity contribution in [2.75, 3.05) is 0 Å². The van der Waals surface area contributed by atoms with Gasteiger partial charge in [-0.3, -0.25) is 0 Å². The van der Waals surface area contributed by atoms with Crippen LogP contribution in [0.5, 0.6) is 0 Å². The molecule has 0 atom stereocenters. The van der Waals surface area contributed by atoms with Gasteiger partial charge < -0.3 is 0 Å². The minimum absolute atomic E-state index is 0.174. The number of rotatable bonds is 3. The van der Waals surface area contributed by atoms with Gasteiger partial charge in [0.25, 0.3) is 0 Å². The Morgan fingerprint density at radius 3 is 1.64 bits per heavy atom. The third-order valence-electron chi connectivity index (χ3n) is 1.74. The molecule has 76 valence electrons. The lowest BCUT2D eigenvalue weighted by atomic mass is 10.1. The molecule has 0 nitrogen and oxygen atoms in total. The number of halogens is 4. The predicted molar refractivity (Wildman–Crippen MR) is 77.7 cm³/mol. The highest BCUT2D eigenvalue weighted by atomic mass is 79.9. The quantitative estimate of drug-likeness (QED) is 0.506. The first-order valence-corrected chi connectivity index (χ1v) is 7.54. The third kappa shape index (κ3) is 3.47. The fourth-order valence-corrected chi connectivity index (χ4v) is 2.13. The summed E-state index contributed by atoms with van der Waals surface area (Å²) in [6.07, 6.45) is 1.84. The Bertz CT molecular complexity index is 305. The minimum Gasteiger partial charge on any atom is -0.0985 e. The van der Waals surface area contributed by atoms with E-state index in [9.17, 15) is 0 Å². The first-order valence-electron chi connectivity index (χ1n) is 3.88. The molecule has 1 aromatic carbocycles. The molecule has 14 heavy (non-hydrogen) atoms. The Kier molecular flexibility index (Phi) is 5.39. The maximum atomic E-state index is 3.77. The molecule has 0 heterocycles. The SMILES string of the molecule is C=Cc1cc(C(Br)Br)cc(C(Br)Br)c1. The predicted octanol–water partition coefficient (Wildman–Crippen LogP) is 5.91. The van der Waals surface area contributed by atoms with Gasteiger partial charge in [-0.15, -0.1) is 0 Å². The molecular weight excluding hydrogens is 440 g/mol. The maximum absolute atomic E-state index is 3.77. The summed E-state index contributed by atoms with van der Waals surface area (Å²) in [5.74, 6) is 0. The zero-order chi connectivity index (χ0) is 10.7. The van der Waals surface area contributed by atoms with Gasteiger partial charge in [-0.1, -0.05) is 82.4 Å². The molecule has 0 radical (unpaired) electrons. The second kappa shape index (κ2) is 5.83. The van der Waals surface area contributed by atoms with Crippen LogP contribution in [0.15, 0.2) is 24.8 Å². The van der Waals surface area contributed by atoms with Crippen LogP contribution in [-0.4, -0.2) is 0 Å². The van der Waals surface area contributed by atoms with E-state index in [4.69, 9.17) is 0 Å². The van der Waals surface area contributed by atoms with Crippen LogP contribution in [0.2, 0.25) is 0 Å². The van der Waals surface area contributed by atoms with Crippen LogP contribution in [0.1, 0.15) is 24.2 Å². The van der Waals surface area contributed by atoms with E-state index in [0.717, 1.165) is 5.56 Å². The monoisotopic (exact) mass is 444 g/mol. The Morgan fingerprint density at radius 1 is 0.929 bits per heavy atom. The van der Waals surface area contributed by atoms with Crippen molar-refractivity contribution in [1.82, 2.24) is 0 Å². The molecule has 0 aromatic heterocycles. The van der Waals surface area contributed by atoms with Crippen LogP contribution >= 0.6 is 63.7 Å². The van der Waals surface area contributed by atoms with Crippen molar-refractivity contribution in [3.05, 3.63) is 41.5 Å². The lowest BCUT2D eigenvalue weighted by molar-refractivity contribution is 1.33. The first-order chi connectivity index (χ1) is 6.54. The fraction of sp³-hybridized carbons (Fsp3) is 0.200. The molecule has 1 aromatic rings.